The highest BCUT2D eigenvalue weighted by Gasteiger charge is 2.21. The number of urea groups is 1. The average Bonchev–Trinajstić information content (AvgIpc) is 2.74. The Morgan fingerprint density at radius 2 is 1.93 bits per heavy atom. The number of hydrogen-bond acceptors (Lipinski definition) is 3. The Kier molecular flexibility index (Phi) is 6.90. The molecule has 2 amide bonds. The number of nitrogens with one attached hydrogen (secondary N) is 1. The van der Waals surface area contributed by atoms with Gasteiger partial charge in [0.15, 0.2) is 0 Å². The zero-order chi connectivity index (χ0) is 21.5. The van der Waals surface area contributed by atoms with E-state index in [0.717, 1.165) is 11.9 Å². The Morgan fingerprint density at radius 1 is 1.20 bits per heavy atom. The first-order valence-corrected chi connectivity index (χ1v) is 9.50. The summed E-state index contributed by atoms with van der Waals surface area (Å²) in [6.07, 6.45) is 6.37. The van der Waals surface area contributed by atoms with Gasteiger partial charge in [-0.1, -0.05) is 6.58 Å². The summed E-state index contributed by atoms with van der Waals surface area (Å²) in [5.74, 6) is -0.507. The second-order valence-electron chi connectivity index (χ2n) is 6.79. The normalized spacial score (nSPS) is 14.8. The van der Waals surface area contributed by atoms with E-state index in [1.807, 2.05) is 6.92 Å². The largest absolute Gasteiger partial charge is 0.357 e. The van der Waals surface area contributed by atoms with E-state index in [-0.39, 0.29) is 11.6 Å². The standard InChI is InChI=1S/C22H23F2N5O/c1-16(20-6-5-18(23)14-21(20)24)7-9-26-17(2)28-10-12-29(13-11-28)22(30)27-19-4-3-8-25-15-19/h3-9,14-15H,1,10-13H2,2H3,(H,27,30)/b9-7-,26-17?. The molecule has 8 heteroatoms. The van der Waals surface area contributed by atoms with Crippen LogP contribution in [0.3, 0.4) is 0 Å². The van der Waals surface area contributed by atoms with Gasteiger partial charge in [-0.25, -0.2) is 18.6 Å². The molecule has 0 atom stereocenters. The van der Waals surface area contributed by atoms with Crippen LogP contribution < -0.4 is 5.32 Å². The van der Waals surface area contributed by atoms with E-state index in [2.05, 4.69) is 26.8 Å². The number of anilines is 1. The molecule has 1 fully saturated rings. The lowest BCUT2D eigenvalue weighted by molar-refractivity contribution is 0.181. The predicted octanol–water partition coefficient (Wildman–Crippen LogP) is 4.15. The summed E-state index contributed by atoms with van der Waals surface area (Å²) in [6.45, 7) is 8.10. The number of amidine groups is 1. The first-order valence-electron chi connectivity index (χ1n) is 9.50. The van der Waals surface area contributed by atoms with Crippen LogP contribution in [0.5, 0.6) is 0 Å². The Balaban J connectivity index is 1.51. The van der Waals surface area contributed by atoms with Crippen LogP contribution in [0.2, 0.25) is 0 Å². The number of aromatic nitrogens is 1. The number of amides is 2. The molecule has 1 aromatic heterocycles. The molecule has 1 aliphatic heterocycles. The molecule has 0 saturated carbocycles. The van der Waals surface area contributed by atoms with Gasteiger partial charge in [0.2, 0.25) is 0 Å². The van der Waals surface area contributed by atoms with Crippen LogP contribution >= 0.6 is 0 Å². The summed E-state index contributed by atoms with van der Waals surface area (Å²) in [5.41, 5.74) is 1.29. The number of carbonyl (C=O) groups excluding carboxylic acids is 1. The number of hydrogen-bond donors (Lipinski definition) is 1. The molecule has 0 spiro atoms. The number of nitrogens with zero attached hydrogens (tertiary/aromatic N) is 4. The molecule has 156 valence electrons. The second kappa shape index (κ2) is 9.78. The van der Waals surface area contributed by atoms with Crippen molar-refractivity contribution in [1.82, 2.24) is 14.8 Å². The fourth-order valence-electron chi connectivity index (χ4n) is 3.03. The Bertz CT molecular complexity index is 967. The van der Waals surface area contributed by atoms with Crippen molar-refractivity contribution >= 4 is 23.1 Å². The number of halogens is 2. The SMILES string of the molecule is C=C(/C=C\N=C(C)N1CCN(C(=O)Nc2cccnc2)CC1)c1ccc(F)cc1F. The minimum absolute atomic E-state index is 0.158. The van der Waals surface area contributed by atoms with Crippen molar-refractivity contribution in [3.05, 3.63) is 78.8 Å². The first-order chi connectivity index (χ1) is 14.4. The van der Waals surface area contributed by atoms with Gasteiger partial charge in [0, 0.05) is 50.2 Å². The highest BCUT2D eigenvalue weighted by atomic mass is 19.1. The van der Waals surface area contributed by atoms with Gasteiger partial charge in [-0.3, -0.25) is 4.98 Å². The van der Waals surface area contributed by atoms with Gasteiger partial charge in [0.05, 0.1) is 11.9 Å². The maximum atomic E-state index is 13.8. The number of rotatable bonds is 4. The minimum Gasteiger partial charge on any atom is -0.357 e. The van der Waals surface area contributed by atoms with Crippen molar-refractivity contribution in [1.29, 1.82) is 0 Å². The molecule has 6 nitrogen and oxygen atoms in total. The number of benzene rings is 1. The molecule has 1 N–H and O–H groups in total. The minimum atomic E-state index is -0.661. The fourth-order valence-corrected chi connectivity index (χ4v) is 3.03. The quantitative estimate of drug-likeness (QED) is 0.467. The molecule has 1 aromatic carbocycles. The maximum absolute atomic E-state index is 13.8. The van der Waals surface area contributed by atoms with Gasteiger partial charge in [-0.15, -0.1) is 0 Å². The van der Waals surface area contributed by atoms with Gasteiger partial charge in [-0.2, -0.15) is 0 Å². The summed E-state index contributed by atoms with van der Waals surface area (Å²) in [5, 5.41) is 2.83. The van der Waals surface area contributed by atoms with Gasteiger partial charge in [0.25, 0.3) is 0 Å². The summed E-state index contributed by atoms with van der Waals surface area (Å²) < 4.78 is 26.8. The molecule has 0 unspecified atom stereocenters. The third-order valence-corrected chi connectivity index (χ3v) is 4.75. The van der Waals surface area contributed by atoms with Crippen molar-refractivity contribution in [2.24, 2.45) is 4.99 Å². The second-order valence-corrected chi connectivity index (χ2v) is 6.79. The van der Waals surface area contributed by atoms with Crippen LogP contribution in [0, 0.1) is 11.6 Å². The highest BCUT2D eigenvalue weighted by Crippen LogP contribution is 2.19. The lowest BCUT2D eigenvalue weighted by Gasteiger charge is -2.35. The molecular weight excluding hydrogens is 388 g/mol. The first kappa shape index (κ1) is 21.2. The molecule has 30 heavy (non-hydrogen) atoms. The van der Waals surface area contributed by atoms with Crippen LogP contribution in [0.25, 0.3) is 5.57 Å². The van der Waals surface area contributed by atoms with E-state index in [1.165, 1.54) is 12.1 Å². The summed E-state index contributed by atoms with van der Waals surface area (Å²) >= 11 is 0. The molecule has 2 heterocycles. The smallest absolute Gasteiger partial charge is 0.322 e. The molecule has 0 aliphatic carbocycles. The number of pyridine rings is 1. The van der Waals surface area contributed by atoms with Crippen LogP contribution in [0.15, 0.2) is 66.6 Å². The van der Waals surface area contributed by atoms with Crippen molar-refractivity contribution in [2.75, 3.05) is 31.5 Å². The number of allylic oxidation sites excluding steroid dienone is 2. The summed E-state index contributed by atoms with van der Waals surface area (Å²) in [7, 11) is 0. The zero-order valence-corrected chi connectivity index (χ0v) is 16.7. The van der Waals surface area contributed by atoms with Crippen LogP contribution in [0.1, 0.15) is 12.5 Å². The Labute approximate surface area is 174 Å². The molecular formula is C22H23F2N5O. The van der Waals surface area contributed by atoms with E-state index in [1.54, 1.807) is 41.7 Å². The topological polar surface area (TPSA) is 60.8 Å². The van der Waals surface area contributed by atoms with Crippen LogP contribution in [-0.2, 0) is 0 Å². The van der Waals surface area contributed by atoms with Gasteiger partial charge in [-0.05, 0) is 42.8 Å². The van der Waals surface area contributed by atoms with E-state index < -0.39 is 11.6 Å². The number of piperazine rings is 1. The van der Waals surface area contributed by atoms with Crippen LogP contribution in [0.4, 0.5) is 19.3 Å². The average molecular weight is 411 g/mol. The number of aliphatic imine (C=N–C) groups is 1. The van der Waals surface area contributed by atoms with Crippen molar-refractivity contribution in [3.63, 3.8) is 0 Å². The van der Waals surface area contributed by atoms with Gasteiger partial charge in [0.1, 0.15) is 17.5 Å². The highest BCUT2D eigenvalue weighted by molar-refractivity contribution is 5.89. The van der Waals surface area contributed by atoms with Crippen molar-refractivity contribution in [3.8, 4) is 0 Å². The Hall–Kier alpha value is -3.55. The summed E-state index contributed by atoms with van der Waals surface area (Å²) in [4.78, 5) is 24.5. The third kappa shape index (κ3) is 5.50. The van der Waals surface area contributed by atoms with E-state index >= 15 is 0 Å². The molecule has 0 bridgehead atoms. The monoisotopic (exact) mass is 411 g/mol. The third-order valence-electron chi connectivity index (χ3n) is 4.75. The number of carbonyl (C=O) groups is 1. The van der Waals surface area contributed by atoms with Crippen molar-refractivity contribution < 1.29 is 13.6 Å². The van der Waals surface area contributed by atoms with E-state index in [0.29, 0.717) is 37.4 Å². The molecule has 2 aromatic rings. The Morgan fingerprint density at radius 3 is 2.60 bits per heavy atom. The lowest BCUT2D eigenvalue weighted by Crippen LogP contribution is -2.51. The lowest BCUT2D eigenvalue weighted by atomic mass is 10.1. The predicted molar refractivity (Wildman–Crippen MR) is 114 cm³/mol. The molecule has 1 saturated heterocycles. The molecule has 0 radical (unpaired) electrons. The summed E-state index contributed by atoms with van der Waals surface area (Å²) in [6, 6.07) is 6.76. The van der Waals surface area contributed by atoms with Gasteiger partial charge >= 0.3 is 6.03 Å². The van der Waals surface area contributed by atoms with Gasteiger partial charge < -0.3 is 15.1 Å². The van der Waals surface area contributed by atoms with E-state index in [4.69, 9.17) is 0 Å². The van der Waals surface area contributed by atoms with E-state index in [9.17, 15) is 13.6 Å². The molecule has 1 aliphatic rings. The fraction of sp³-hybridized carbons (Fsp3) is 0.227. The molecule has 3 rings (SSSR count). The van der Waals surface area contributed by atoms with Crippen LogP contribution in [-0.4, -0.2) is 52.8 Å². The maximum Gasteiger partial charge on any atom is 0.322 e. The van der Waals surface area contributed by atoms with Crippen molar-refractivity contribution in [2.45, 2.75) is 6.92 Å². The zero-order valence-electron chi connectivity index (χ0n) is 16.7.